The molecule has 0 saturated carbocycles. The molecule has 3 N–H and O–H groups in total. The smallest absolute Gasteiger partial charge is 0.320 e. The van der Waals surface area contributed by atoms with Crippen LogP contribution in [0.2, 0.25) is 0 Å². The van der Waals surface area contributed by atoms with Gasteiger partial charge >= 0.3 is 5.97 Å². The molecule has 1 amide bonds. The molecule has 0 bridgehead atoms. The largest absolute Gasteiger partial charge is 0.480 e. The summed E-state index contributed by atoms with van der Waals surface area (Å²) in [6, 6.07) is 6.16. The van der Waals surface area contributed by atoms with Crippen molar-refractivity contribution in [2.24, 2.45) is 10.7 Å². The van der Waals surface area contributed by atoms with Crippen molar-refractivity contribution in [1.29, 1.82) is 0 Å². The van der Waals surface area contributed by atoms with Gasteiger partial charge in [0.1, 0.15) is 6.04 Å². The third-order valence-electron chi connectivity index (χ3n) is 2.15. The summed E-state index contributed by atoms with van der Waals surface area (Å²) in [6.45, 7) is 1.37. The van der Waals surface area contributed by atoms with Crippen molar-refractivity contribution >= 4 is 18.1 Å². The minimum Gasteiger partial charge on any atom is -0.480 e. The number of hydrogen-bond acceptors (Lipinski definition) is 3. The number of carboxylic acids is 1. The van der Waals surface area contributed by atoms with Crippen LogP contribution in [0, 0.1) is 0 Å². The Morgan fingerprint density at radius 1 is 1.41 bits per heavy atom. The number of nitrogens with zero attached hydrogens (tertiary/aromatic N) is 1. The standard InChI is InChI=1S/C12H14N2O3/c1-8(15)14-7-10-4-2-9(3-5-10)6-11(13)12(16)17/h2-5,7,11H,6,13H2,1H3,(H,16,17)/t11-/m0/s1. The molecule has 1 aromatic carbocycles. The van der Waals surface area contributed by atoms with E-state index in [2.05, 4.69) is 4.99 Å². The zero-order chi connectivity index (χ0) is 12.8. The van der Waals surface area contributed by atoms with Gasteiger partial charge in [-0.25, -0.2) is 4.99 Å². The summed E-state index contributed by atoms with van der Waals surface area (Å²) in [6.07, 6.45) is 1.74. The zero-order valence-corrected chi connectivity index (χ0v) is 9.46. The second-order valence-electron chi connectivity index (χ2n) is 3.67. The first kappa shape index (κ1) is 13.1. The topological polar surface area (TPSA) is 92.8 Å². The Kier molecular flexibility index (Phi) is 4.54. The predicted molar refractivity (Wildman–Crippen MR) is 64.0 cm³/mol. The molecule has 17 heavy (non-hydrogen) atoms. The van der Waals surface area contributed by atoms with Crippen LogP contribution in [0.1, 0.15) is 18.1 Å². The maximum Gasteiger partial charge on any atom is 0.320 e. The van der Waals surface area contributed by atoms with Gasteiger partial charge in [-0.2, -0.15) is 0 Å². The molecule has 0 saturated heterocycles. The van der Waals surface area contributed by atoms with Crippen LogP contribution in [0.4, 0.5) is 0 Å². The molecular weight excluding hydrogens is 220 g/mol. The number of carboxylic acid groups (broad SMARTS) is 1. The molecule has 0 aliphatic heterocycles. The Morgan fingerprint density at radius 3 is 2.47 bits per heavy atom. The number of benzene rings is 1. The number of amides is 1. The first-order valence-electron chi connectivity index (χ1n) is 5.11. The number of carbonyl (C=O) groups is 2. The summed E-state index contributed by atoms with van der Waals surface area (Å²) in [5, 5.41) is 8.66. The Morgan fingerprint density at radius 2 is 2.00 bits per heavy atom. The molecule has 0 aromatic heterocycles. The van der Waals surface area contributed by atoms with E-state index in [4.69, 9.17) is 10.8 Å². The van der Waals surface area contributed by atoms with E-state index in [9.17, 15) is 9.59 Å². The second-order valence-corrected chi connectivity index (χ2v) is 3.67. The van der Waals surface area contributed by atoms with Crippen molar-refractivity contribution in [3.63, 3.8) is 0 Å². The lowest BCUT2D eigenvalue weighted by Gasteiger charge is -2.06. The third kappa shape index (κ3) is 4.56. The summed E-state index contributed by atoms with van der Waals surface area (Å²) in [5.41, 5.74) is 7.03. The van der Waals surface area contributed by atoms with E-state index in [1.807, 2.05) is 0 Å². The van der Waals surface area contributed by atoms with Crippen LogP contribution in [0.15, 0.2) is 29.3 Å². The molecule has 0 aliphatic carbocycles. The van der Waals surface area contributed by atoms with Crippen LogP contribution in [0.3, 0.4) is 0 Å². The fourth-order valence-corrected chi connectivity index (χ4v) is 1.25. The van der Waals surface area contributed by atoms with Gasteiger partial charge in [-0.05, 0) is 17.5 Å². The quantitative estimate of drug-likeness (QED) is 0.746. The van der Waals surface area contributed by atoms with Crippen molar-refractivity contribution in [3.05, 3.63) is 35.4 Å². The van der Waals surface area contributed by atoms with Crippen LogP contribution in [-0.2, 0) is 16.0 Å². The monoisotopic (exact) mass is 234 g/mol. The summed E-state index contributed by atoms with van der Waals surface area (Å²) >= 11 is 0. The average molecular weight is 234 g/mol. The third-order valence-corrected chi connectivity index (χ3v) is 2.15. The van der Waals surface area contributed by atoms with Crippen LogP contribution >= 0.6 is 0 Å². The van der Waals surface area contributed by atoms with Crippen molar-refractivity contribution in [1.82, 2.24) is 0 Å². The van der Waals surface area contributed by atoms with Crippen molar-refractivity contribution in [2.45, 2.75) is 19.4 Å². The van der Waals surface area contributed by atoms with E-state index in [-0.39, 0.29) is 12.3 Å². The van der Waals surface area contributed by atoms with Crippen LogP contribution in [0.5, 0.6) is 0 Å². The molecule has 0 radical (unpaired) electrons. The molecular formula is C12H14N2O3. The highest BCUT2D eigenvalue weighted by atomic mass is 16.4. The van der Waals surface area contributed by atoms with Crippen molar-refractivity contribution < 1.29 is 14.7 Å². The molecule has 0 heterocycles. The van der Waals surface area contributed by atoms with E-state index >= 15 is 0 Å². The molecule has 1 aromatic rings. The summed E-state index contributed by atoms with van der Waals surface area (Å²) in [7, 11) is 0. The van der Waals surface area contributed by atoms with Gasteiger partial charge in [-0.15, -0.1) is 0 Å². The highest BCUT2D eigenvalue weighted by molar-refractivity contribution is 5.90. The maximum absolute atomic E-state index is 10.6. The fourth-order valence-electron chi connectivity index (χ4n) is 1.25. The van der Waals surface area contributed by atoms with Crippen molar-refractivity contribution in [3.8, 4) is 0 Å². The highest BCUT2D eigenvalue weighted by Crippen LogP contribution is 2.05. The maximum atomic E-state index is 10.6. The number of carbonyl (C=O) groups excluding carboxylic acids is 1. The predicted octanol–water partition coefficient (Wildman–Crippen LogP) is 0.606. The van der Waals surface area contributed by atoms with E-state index in [1.165, 1.54) is 13.1 Å². The van der Waals surface area contributed by atoms with Gasteiger partial charge in [0.25, 0.3) is 0 Å². The van der Waals surface area contributed by atoms with E-state index in [1.54, 1.807) is 24.3 Å². The Labute approximate surface area is 99.0 Å². The Bertz CT molecular complexity index is 438. The first-order chi connectivity index (χ1) is 7.99. The number of aliphatic imine (C=N–C) groups is 1. The highest BCUT2D eigenvalue weighted by Gasteiger charge is 2.11. The summed E-state index contributed by atoms with van der Waals surface area (Å²) in [5.74, 6) is -1.28. The minimum absolute atomic E-state index is 0.262. The number of nitrogens with two attached hydrogens (primary N) is 1. The number of rotatable bonds is 4. The Balaban J connectivity index is 2.68. The van der Waals surface area contributed by atoms with E-state index in [0.29, 0.717) is 0 Å². The molecule has 5 nitrogen and oxygen atoms in total. The summed E-state index contributed by atoms with van der Waals surface area (Å²) in [4.78, 5) is 24.8. The molecule has 90 valence electrons. The van der Waals surface area contributed by atoms with Gasteiger partial charge < -0.3 is 10.8 Å². The van der Waals surface area contributed by atoms with Gasteiger partial charge in [0, 0.05) is 13.1 Å². The molecule has 1 rings (SSSR count). The van der Waals surface area contributed by atoms with Gasteiger partial charge in [-0.1, -0.05) is 24.3 Å². The zero-order valence-electron chi connectivity index (χ0n) is 9.46. The molecule has 5 heteroatoms. The molecule has 0 fully saturated rings. The van der Waals surface area contributed by atoms with Gasteiger partial charge in [0.05, 0.1) is 0 Å². The minimum atomic E-state index is -1.02. The first-order valence-corrected chi connectivity index (χ1v) is 5.11. The number of hydrogen-bond donors (Lipinski definition) is 2. The van der Waals surface area contributed by atoms with Crippen LogP contribution in [0.25, 0.3) is 0 Å². The van der Waals surface area contributed by atoms with E-state index in [0.717, 1.165) is 11.1 Å². The van der Waals surface area contributed by atoms with Gasteiger partial charge in [-0.3, -0.25) is 9.59 Å². The lowest BCUT2D eigenvalue weighted by Crippen LogP contribution is -2.32. The SMILES string of the molecule is CC(=O)N=Cc1ccc(C[C@H](N)C(=O)O)cc1. The Hall–Kier alpha value is -2.01. The van der Waals surface area contributed by atoms with Crippen molar-refractivity contribution in [2.75, 3.05) is 0 Å². The molecule has 1 atom stereocenters. The molecule has 0 spiro atoms. The lowest BCUT2D eigenvalue weighted by atomic mass is 10.1. The van der Waals surface area contributed by atoms with E-state index < -0.39 is 12.0 Å². The fraction of sp³-hybridized carbons (Fsp3) is 0.250. The van der Waals surface area contributed by atoms with Gasteiger partial charge in [0.15, 0.2) is 0 Å². The average Bonchev–Trinajstić information content (AvgIpc) is 2.28. The lowest BCUT2D eigenvalue weighted by molar-refractivity contribution is -0.138. The summed E-state index contributed by atoms with van der Waals surface area (Å²) < 4.78 is 0. The van der Waals surface area contributed by atoms with Gasteiger partial charge in [0.2, 0.25) is 5.91 Å². The van der Waals surface area contributed by atoms with Crippen LogP contribution < -0.4 is 5.73 Å². The molecule has 0 aliphatic rings. The second kappa shape index (κ2) is 5.91. The van der Waals surface area contributed by atoms with Crippen LogP contribution in [-0.4, -0.2) is 29.2 Å². The number of aliphatic carboxylic acids is 1. The normalized spacial score (nSPS) is 12.6. The molecule has 0 unspecified atom stereocenters.